The van der Waals surface area contributed by atoms with E-state index in [0.717, 1.165) is 11.8 Å². The van der Waals surface area contributed by atoms with Crippen LogP contribution >= 0.6 is 0 Å². The fourth-order valence-electron chi connectivity index (χ4n) is 0.532. The molecule has 2 N–H and O–H groups in total. The first-order valence-corrected chi connectivity index (χ1v) is 4.53. The van der Waals surface area contributed by atoms with Crippen molar-refractivity contribution in [3.63, 3.8) is 0 Å². The molecule has 0 fully saturated rings. The Morgan fingerprint density at radius 3 is 1.64 bits per heavy atom. The van der Waals surface area contributed by atoms with Crippen LogP contribution in [0.5, 0.6) is 0 Å². The van der Waals surface area contributed by atoms with Crippen molar-refractivity contribution in [1.82, 2.24) is 0 Å². The molecular weight excluding hydrogens is 219 g/mol. The van der Waals surface area contributed by atoms with Gasteiger partial charge in [-0.3, -0.25) is 13.9 Å². The monoisotopic (exact) mass is 227 g/mol. The van der Waals surface area contributed by atoms with Gasteiger partial charge in [-0.05, 0) is 0 Å². The maximum absolute atomic E-state index is 10.0. The molecule has 0 saturated carbocycles. The average Bonchev–Trinajstić information content (AvgIpc) is 2.03. The third-order valence-corrected chi connectivity index (χ3v) is 0.936. The molecule has 5 nitrogen and oxygen atoms in total. The first-order chi connectivity index (χ1) is 5.93. The van der Waals surface area contributed by atoms with E-state index in [0.29, 0.717) is 0 Å². The van der Waals surface area contributed by atoms with Crippen molar-refractivity contribution in [3.8, 4) is 0 Å². The van der Waals surface area contributed by atoms with Gasteiger partial charge in [-0.25, -0.2) is 0 Å². The summed E-state index contributed by atoms with van der Waals surface area (Å²) in [4.78, 5) is 10.0. The Balaban J connectivity index is 0. The summed E-state index contributed by atoms with van der Waals surface area (Å²) < 4.78 is 31.6. The topological polar surface area (TPSA) is 91.7 Å². The molecule has 7 heteroatoms. The smallest absolute Gasteiger partial charge is 0.298 e. The number of aldehydes is 1. The number of benzene rings is 1. The molecule has 0 saturated heterocycles. The van der Waals surface area contributed by atoms with Crippen molar-refractivity contribution in [1.29, 1.82) is 0 Å². The van der Waals surface area contributed by atoms with Crippen LogP contribution in [0, 0.1) is 0 Å². The van der Waals surface area contributed by atoms with E-state index >= 15 is 0 Å². The largest absolute Gasteiger partial charge is 0.394 e. The molecule has 1 radical (unpaired) electrons. The van der Waals surface area contributed by atoms with Crippen LogP contribution in [0.25, 0.3) is 0 Å². The average molecular weight is 227 g/mol. The minimum Gasteiger partial charge on any atom is -0.298 e. The zero-order valence-corrected chi connectivity index (χ0v) is 10.3. The predicted molar refractivity (Wildman–Crippen MR) is 51.8 cm³/mol. The van der Waals surface area contributed by atoms with E-state index in [-0.39, 0.29) is 29.6 Å². The van der Waals surface area contributed by atoms with Crippen molar-refractivity contribution in [2.45, 2.75) is 0 Å². The van der Waals surface area contributed by atoms with Crippen LogP contribution in [-0.4, -0.2) is 53.4 Å². The molecule has 1 rings (SSSR count). The van der Waals surface area contributed by atoms with Crippen LogP contribution < -0.4 is 0 Å². The van der Waals surface area contributed by atoms with Crippen molar-refractivity contribution in [3.05, 3.63) is 35.9 Å². The van der Waals surface area contributed by atoms with Gasteiger partial charge in [0.2, 0.25) is 0 Å². The molecule has 1 aromatic rings. The zero-order valence-electron chi connectivity index (χ0n) is 7.49. The quantitative estimate of drug-likeness (QED) is 0.413. The standard InChI is InChI=1S/C7H6O.Na.H2O4S/c8-6-7-4-2-1-3-5-7;;1-5(2,3)4/h1-6H;;(H2,1,2,3,4). The summed E-state index contributed by atoms with van der Waals surface area (Å²) in [5.41, 5.74) is 0.729. The fourth-order valence-corrected chi connectivity index (χ4v) is 0.532. The summed E-state index contributed by atoms with van der Waals surface area (Å²) >= 11 is 0. The Hall–Kier alpha value is -0.240. The van der Waals surface area contributed by atoms with E-state index in [2.05, 4.69) is 0 Å². The molecular formula is C7H8NaO5S. The van der Waals surface area contributed by atoms with Crippen molar-refractivity contribution < 1.29 is 22.3 Å². The van der Waals surface area contributed by atoms with Crippen LogP contribution in [0.2, 0.25) is 0 Å². The number of carbonyl (C=O) groups is 1. The Morgan fingerprint density at radius 2 is 1.43 bits per heavy atom. The molecule has 0 bridgehead atoms. The van der Waals surface area contributed by atoms with Crippen LogP contribution in [0.3, 0.4) is 0 Å². The second-order valence-electron chi connectivity index (χ2n) is 1.98. The second-order valence-corrected chi connectivity index (χ2v) is 2.87. The van der Waals surface area contributed by atoms with E-state index < -0.39 is 10.4 Å². The van der Waals surface area contributed by atoms with Gasteiger partial charge in [-0.2, -0.15) is 8.42 Å². The Bertz CT molecular complexity index is 340. The van der Waals surface area contributed by atoms with Gasteiger partial charge >= 0.3 is 10.4 Å². The van der Waals surface area contributed by atoms with Gasteiger partial charge in [0.05, 0.1) is 0 Å². The Morgan fingerprint density at radius 1 is 1.07 bits per heavy atom. The SMILES string of the molecule is O=Cc1ccccc1.O=S(=O)(O)O.[Na]. The third-order valence-electron chi connectivity index (χ3n) is 0.936. The molecule has 0 aliphatic rings. The summed E-state index contributed by atoms with van der Waals surface area (Å²) in [5, 5.41) is 0. The first kappa shape index (κ1) is 16.2. The molecule has 0 aliphatic heterocycles. The van der Waals surface area contributed by atoms with E-state index in [1.165, 1.54) is 0 Å². The van der Waals surface area contributed by atoms with E-state index in [1.54, 1.807) is 12.1 Å². The molecule has 0 unspecified atom stereocenters. The maximum atomic E-state index is 10.0. The summed E-state index contributed by atoms with van der Waals surface area (Å²) in [6, 6.07) is 9.10. The first-order valence-electron chi connectivity index (χ1n) is 3.13. The zero-order chi connectivity index (χ0) is 10.3. The fraction of sp³-hybridized carbons (Fsp3) is 0. The Kier molecular flexibility index (Phi) is 9.37. The number of carbonyl (C=O) groups excluding carboxylic acids is 1. The molecule has 73 valence electrons. The number of rotatable bonds is 1. The normalized spacial score (nSPS) is 9.00. The van der Waals surface area contributed by atoms with Crippen LogP contribution in [0.4, 0.5) is 0 Å². The molecule has 0 aliphatic carbocycles. The second kappa shape index (κ2) is 8.10. The number of hydrogen-bond acceptors (Lipinski definition) is 3. The van der Waals surface area contributed by atoms with Crippen LogP contribution in [0.1, 0.15) is 10.4 Å². The summed E-state index contributed by atoms with van der Waals surface area (Å²) in [6.07, 6.45) is 0.833. The van der Waals surface area contributed by atoms with E-state index in [9.17, 15) is 4.79 Å². The molecule has 1 aromatic carbocycles. The van der Waals surface area contributed by atoms with Crippen LogP contribution in [-0.2, 0) is 10.4 Å². The summed E-state index contributed by atoms with van der Waals surface area (Å²) in [7, 11) is -4.67. The maximum Gasteiger partial charge on any atom is 0.394 e. The molecule has 14 heavy (non-hydrogen) atoms. The summed E-state index contributed by atoms with van der Waals surface area (Å²) in [6.45, 7) is 0. The summed E-state index contributed by atoms with van der Waals surface area (Å²) in [5.74, 6) is 0. The molecule has 0 amide bonds. The number of hydrogen-bond donors (Lipinski definition) is 2. The molecule has 0 heterocycles. The van der Waals surface area contributed by atoms with Gasteiger partial charge in [-0.1, -0.05) is 30.3 Å². The molecule has 0 aromatic heterocycles. The molecule has 0 spiro atoms. The van der Waals surface area contributed by atoms with E-state index in [4.69, 9.17) is 17.5 Å². The van der Waals surface area contributed by atoms with Gasteiger partial charge in [0.1, 0.15) is 6.29 Å². The van der Waals surface area contributed by atoms with Gasteiger partial charge < -0.3 is 0 Å². The van der Waals surface area contributed by atoms with Gasteiger partial charge in [-0.15, -0.1) is 0 Å². The van der Waals surface area contributed by atoms with Crippen LogP contribution in [0.15, 0.2) is 30.3 Å². The third kappa shape index (κ3) is 14.3. The predicted octanol–water partition coefficient (Wildman–Crippen LogP) is 0.465. The van der Waals surface area contributed by atoms with Crippen molar-refractivity contribution >= 4 is 46.2 Å². The van der Waals surface area contributed by atoms with Gasteiger partial charge in [0.15, 0.2) is 0 Å². The van der Waals surface area contributed by atoms with E-state index in [1.807, 2.05) is 18.2 Å². The minimum atomic E-state index is -4.67. The minimum absolute atomic E-state index is 0. The Labute approximate surface area is 104 Å². The van der Waals surface area contributed by atoms with Gasteiger partial charge in [0, 0.05) is 35.1 Å². The molecule has 0 atom stereocenters. The van der Waals surface area contributed by atoms with Crippen molar-refractivity contribution in [2.75, 3.05) is 0 Å². The van der Waals surface area contributed by atoms with Crippen molar-refractivity contribution in [2.24, 2.45) is 0 Å². The van der Waals surface area contributed by atoms with Gasteiger partial charge in [0.25, 0.3) is 0 Å².